The number of aryl methyl sites for hydroxylation is 1. The van der Waals surface area contributed by atoms with Gasteiger partial charge in [-0.3, -0.25) is 4.79 Å². The molecule has 1 aliphatic carbocycles. The average molecular weight is 337 g/mol. The van der Waals surface area contributed by atoms with E-state index in [1.54, 1.807) is 12.1 Å². The van der Waals surface area contributed by atoms with Crippen LogP contribution in [0.5, 0.6) is 0 Å². The van der Waals surface area contributed by atoms with E-state index in [0.717, 1.165) is 36.8 Å². The minimum Gasteiger partial charge on any atom is -0.352 e. The highest BCUT2D eigenvalue weighted by Gasteiger charge is 2.20. The van der Waals surface area contributed by atoms with Crippen molar-refractivity contribution in [3.8, 4) is 0 Å². The highest BCUT2D eigenvalue weighted by molar-refractivity contribution is 7.91. The number of benzene rings is 1. The largest absolute Gasteiger partial charge is 0.352 e. The van der Waals surface area contributed by atoms with Crippen LogP contribution in [0.3, 0.4) is 0 Å². The summed E-state index contributed by atoms with van der Waals surface area (Å²) in [6.07, 6.45) is 7.83. The predicted molar refractivity (Wildman–Crippen MR) is 92.9 cm³/mol. The molecule has 0 aliphatic heterocycles. The number of rotatable bonds is 5. The second-order valence-electron chi connectivity index (χ2n) is 6.63. The van der Waals surface area contributed by atoms with Crippen LogP contribution in [-0.2, 0) is 20.4 Å². The quantitative estimate of drug-likeness (QED) is 0.898. The van der Waals surface area contributed by atoms with E-state index in [-0.39, 0.29) is 17.7 Å². The van der Waals surface area contributed by atoms with Crippen molar-refractivity contribution in [2.75, 3.05) is 5.75 Å². The summed E-state index contributed by atoms with van der Waals surface area (Å²) in [6, 6.07) is 7.52. The molecule has 23 heavy (non-hydrogen) atoms. The molecule has 1 fully saturated rings. The van der Waals surface area contributed by atoms with Gasteiger partial charge in [0.1, 0.15) is 5.75 Å². The Morgan fingerprint density at radius 2 is 1.61 bits per heavy atom. The van der Waals surface area contributed by atoms with Crippen LogP contribution in [0, 0.1) is 6.92 Å². The van der Waals surface area contributed by atoms with Crippen molar-refractivity contribution in [3.63, 3.8) is 0 Å². The number of amides is 1. The number of carbonyl (C=O) groups is 1. The lowest BCUT2D eigenvalue weighted by atomic mass is 9.97. The Labute approximate surface area is 139 Å². The third-order valence-electron chi connectivity index (χ3n) is 4.33. The van der Waals surface area contributed by atoms with Gasteiger partial charge in [0.2, 0.25) is 5.91 Å². The first-order valence-corrected chi connectivity index (χ1v) is 10.3. The molecule has 1 N–H and O–H groups in total. The molecule has 0 bridgehead atoms. The van der Waals surface area contributed by atoms with Crippen molar-refractivity contribution in [2.24, 2.45) is 0 Å². The SMILES string of the molecule is Cc1ccc(CS(=O)(=O)CC(=O)NC2CCCCCCC2)cc1. The molecular weight excluding hydrogens is 310 g/mol. The van der Waals surface area contributed by atoms with Crippen LogP contribution < -0.4 is 5.32 Å². The lowest BCUT2D eigenvalue weighted by molar-refractivity contribution is -0.119. The van der Waals surface area contributed by atoms with Gasteiger partial charge in [0.25, 0.3) is 0 Å². The highest BCUT2D eigenvalue weighted by Crippen LogP contribution is 2.17. The fraction of sp³-hybridized carbons (Fsp3) is 0.611. The smallest absolute Gasteiger partial charge is 0.235 e. The maximum atomic E-state index is 12.2. The monoisotopic (exact) mass is 337 g/mol. The normalized spacial score (nSPS) is 17.3. The van der Waals surface area contributed by atoms with Gasteiger partial charge in [-0.1, -0.05) is 61.9 Å². The Bertz CT molecular complexity index is 600. The Kier molecular flexibility index (Phi) is 6.63. The molecule has 0 atom stereocenters. The van der Waals surface area contributed by atoms with Gasteiger partial charge in [0.15, 0.2) is 9.84 Å². The van der Waals surface area contributed by atoms with Crippen LogP contribution in [0.2, 0.25) is 0 Å². The predicted octanol–water partition coefficient (Wildman–Crippen LogP) is 3.14. The van der Waals surface area contributed by atoms with Crippen LogP contribution in [0.15, 0.2) is 24.3 Å². The molecule has 0 unspecified atom stereocenters. The molecule has 0 radical (unpaired) electrons. The van der Waals surface area contributed by atoms with Crippen molar-refractivity contribution < 1.29 is 13.2 Å². The number of nitrogens with one attached hydrogen (secondary N) is 1. The van der Waals surface area contributed by atoms with E-state index < -0.39 is 15.6 Å². The van der Waals surface area contributed by atoms with Gasteiger partial charge in [-0.25, -0.2) is 8.42 Å². The summed E-state index contributed by atoms with van der Waals surface area (Å²) in [5.74, 6) is -0.856. The van der Waals surface area contributed by atoms with Crippen molar-refractivity contribution in [2.45, 2.75) is 63.7 Å². The van der Waals surface area contributed by atoms with E-state index in [2.05, 4.69) is 5.32 Å². The first-order valence-electron chi connectivity index (χ1n) is 8.50. The van der Waals surface area contributed by atoms with E-state index in [1.165, 1.54) is 19.3 Å². The fourth-order valence-electron chi connectivity index (χ4n) is 3.06. The minimum absolute atomic E-state index is 0.0780. The van der Waals surface area contributed by atoms with E-state index >= 15 is 0 Å². The number of hydrogen-bond donors (Lipinski definition) is 1. The second-order valence-corrected chi connectivity index (χ2v) is 8.69. The lowest BCUT2D eigenvalue weighted by Gasteiger charge is -2.21. The molecule has 0 spiro atoms. The van der Waals surface area contributed by atoms with Crippen molar-refractivity contribution in [1.29, 1.82) is 0 Å². The molecule has 1 aromatic rings. The first-order chi connectivity index (χ1) is 10.9. The fourth-order valence-corrected chi connectivity index (χ4v) is 4.34. The molecule has 0 saturated heterocycles. The van der Waals surface area contributed by atoms with Crippen molar-refractivity contribution in [3.05, 3.63) is 35.4 Å². The average Bonchev–Trinajstić information content (AvgIpc) is 2.43. The molecule has 128 valence electrons. The summed E-state index contributed by atoms with van der Waals surface area (Å²) in [5, 5.41) is 2.92. The molecule has 5 heteroatoms. The van der Waals surface area contributed by atoms with Crippen LogP contribution in [0.1, 0.15) is 56.1 Å². The molecule has 1 amide bonds. The van der Waals surface area contributed by atoms with E-state index in [4.69, 9.17) is 0 Å². The molecule has 1 aromatic carbocycles. The van der Waals surface area contributed by atoms with Gasteiger partial charge in [-0.05, 0) is 25.3 Å². The standard InChI is InChI=1S/C18H27NO3S/c1-15-9-11-16(12-10-15)13-23(21,22)14-18(20)19-17-7-5-3-2-4-6-8-17/h9-12,17H,2-8,13-14H2,1H3,(H,19,20). The molecule has 2 rings (SSSR count). The van der Waals surface area contributed by atoms with Gasteiger partial charge in [-0.15, -0.1) is 0 Å². The molecule has 1 saturated carbocycles. The summed E-state index contributed by atoms with van der Waals surface area (Å²) in [6.45, 7) is 1.96. The second kappa shape index (κ2) is 8.48. The minimum atomic E-state index is -3.43. The first kappa shape index (κ1) is 18.0. The zero-order valence-electron chi connectivity index (χ0n) is 13.9. The lowest BCUT2D eigenvalue weighted by Crippen LogP contribution is -2.39. The Morgan fingerprint density at radius 3 is 2.22 bits per heavy atom. The highest BCUT2D eigenvalue weighted by atomic mass is 32.2. The Balaban J connectivity index is 1.86. The maximum Gasteiger partial charge on any atom is 0.235 e. The van der Waals surface area contributed by atoms with E-state index in [9.17, 15) is 13.2 Å². The summed E-state index contributed by atoms with van der Waals surface area (Å²) in [7, 11) is -3.43. The summed E-state index contributed by atoms with van der Waals surface area (Å²) >= 11 is 0. The van der Waals surface area contributed by atoms with E-state index in [0.29, 0.717) is 0 Å². The molecule has 4 nitrogen and oxygen atoms in total. The third kappa shape index (κ3) is 6.73. The zero-order chi connectivity index (χ0) is 16.7. The molecule has 0 heterocycles. The summed E-state index contributed by atoms with van der Waals surface area (Å²) in [5.41, 5.74) is 1.82. The van der Waals surface area contributed by atoms with E-state index in [1.807, 2.05) is 19.1 Å². The third-order valence-corrected chi connectivity index (χ3v) is 5.80. The van der Waals surface area contributed by atoms with Crippen molar-refractivity contribution in [1.82, 2.24) is 5.32 Å². The van der Waals surface area contributed by atoms with Crippen molar-refractivity contribution >= 4 is 15.7 Å². The topological polar surface area (TPSA) is 63.2 Å². The summed E-state index contributed by atoms with van der Waals surface area (Å²) in [4.78, 5) is 12.1. The van der Waals surface area contributed by atoms with Crippen LogP contribution in [0.25, 0.3) is 0 Å². The number of carbonyl (C=O) groups excluding carboxylic acids is 1. The van der Waals surface area contributed by atoms with Gasteiger partial charge < -0.3 is 5.32 Å². The zero-order valence-corrected chi connectivity index (χ0v) is 14.7. The van der Waals surface area contributed by atoms with Crippen LogP contribution in [-0.4, -0.2) is 26.1 Å². The van der Waals surface area contributed by atoms with Gasteiger partial charge in [-0.2, -0.15) is 0 Å². The maximum absolute atomic E-state index is 12.2. The molecule has 0 aromatic heterocycles. The molecular formula is C18H27NO3S. The summed E-state index contributed by atoms with van der Waals surface area (Å²) < 4.78 is 24.4. The van der Waals surface area contributed by atoms with Crippen LogP contribution in [0.4, 0.5) is 0 Å². The molecule has 1 aliphatic rings. The Morgan fingerprint density at radius 1 is 1.04 bits per heavy atom. The van der Waals surface area contributed by atoms with Crippen LogP contribution >= 0.6 is 0 Å². The van der Waals surface area contributed by atoms with Gasteiger partial charge >= 0.3 is 0 Å². The van der Waals surface area contributed by atoms with Gasteiger partial charge in [0, 0.05) is 6.04 Å². The Hall–Kier alpha value is -1.36. The van der Waals surface area contributed by atoms with Gasteiger partial charge in [0.05, 0.1) is 5.75 Å². The number of hydrogen-bond acceptors (Lipinski definition) is 3. The number of sulfone groups is 1.